The Bertz CT molecular complexity index is 367. The van der Waals surface area contributed by atoms with E-state index in [1.165, 1.54) is 0 Å². The van der Waals surface area contributed by atoms with Crippen molar-refractivity contribution in [2.75, 3.05) is 0 Å². The second-order valence-electron chi connectivity index (χ2n) is 2.58. The number of hydrogen-bond acceptors (Lipinski definition) is 3. The van der Waals surface area contributed by atoms with E-state index in [2.05, 4.69) is 0 Å². The highest BCUT2D eigenvalue weighted by atomic mass is 16.1. The predicted molar refractivity (Wildman–Crippen MR) is 47.3 cm³/mol. The van der Waals surface area contributed by atoms with Gasteiger partial charge in [-0.3, -0.25) is 4.79 Å². The van der Waals surface area contributed by atoms with E-state index in [0.717, 1.165) is 0 Å². The van der Waals surface area contributed by atoms with Gasteiger partial charge >= 0.3 is 0 Å². The molecule has 1 aromatic carbocycles. The minimum atomic E-state index is -0.907. The van der Waals surface area contributed by atoms with E-state index in [0.29, 0.717) is 11.1 Å². The Hall–Kier alpha value is -1.86. The lowest BCUT2D eigenvalue weighted by molar-refractivity contribution is -0.119. The van der Waals surface area contributed by atoms with Gasteiger partial charge in [0, 0.05) is 0 Å². The number of amides is 1. The summed E-state index contributed by atoms with van der Waals surface area (Å²) in [6.07, 6.45) is 0. The Balaban J connectivity index is 3.15. The summed E-state index contributed by atoms with van der Waals surface area (Å²) < 4.78 is 0. The molecule has 0 aromatic heterocycles. The van der Waals surface area contributed by atoms with Gasteiger partial charge in [0.15, 0.2) is 0 Å². The molecule has 0 bridgehead atoms. The first-order valence-corrected chi connectivity index (χ1v) is 3.70. The van der Waals surface area contributed by atoms with Gasteiger partial charge in [-0.15, -0.1) is 0 Å². The molecule has 66 valence electrons. The van der Waals surface area contributed by atoms with Gasteiger partial charge in [-0.05, 0) is 11.6 Å². The summed E-state index contributed by atoms with van der Waals surface area (Å²) in [4.78, 5) is 10.8. The fourth-order valence-electron chi connectivity index (χ4n) is 1.02. The van der Waals surface area contributed by atoms with Crippen molar-refractivity contribution in [2.45, 2.75) is 6.04 Å². The highest BCUT2D eigenvalue weighted by Gasteiger charge is 2.14. The third kappa shape index (κ3) is 1.83. The predicted octanol–water partition coefficient (Wildman–Crippen LogP) is 0.0434. The molecule has 1 rings (SSSR count). The molecule has 4 N–H and O–H groups in total. The molecule has 0 aliphatic heterocycles. The molecule has 0 saturated carbocycles. The van der Waals surface area contributed by atoms with Gasteiger partial charge in [-0.2, -0.15) is 5.26 Å². The van der Waals surface area contributed by atoms with Crippen LogP contribution in [0.1, 0.15) is 17.2 Å². The van der Waals surface area contributed by atoms with Crippen molar-refractivity contribution in [3.63, 3.8) is 0 Å². The van der Waals surface area contributed by atoms with Gasteiger partial charge in [-0.25, -0.2) is 0 Å². The van der Waals surface area contributed by atoms with Crippen LogP contribution in [0.15, 0.2) is 24.3 Å². The lowest BCUT2D eigenvalue weighted by Crippen LogP contribution is -2.28. The quantitative estimate of drug-likeness (QED) is 0.664. The number of nitriles is 1. The number of hydrogen-bond donors (Lipinski definition) is 2. The first kappa shape index (κ1) is 9.23. The number of carbonyl (C=O) groups is 1. The van der Waals surface area contributed by atoms with Gasteiger partial charge in [-0.1, -0.05) is 18.2 Å². The maximum atomic E-state index is 10.8. The highest BCUT2D eigenvalue weighted by Crippen LogP contribution is 2.14. The number of nitrogens with two attached hydrogens (primary N) is 2. The topological polar surface area (TPSA) is 92.9 Å². The van der Waals surface area contributed by atoms with E-state index in [9.17, 15) is 4.79 Å². The standard InChI is InChI=1S/C9H9N3O/c10-5-6-3-1-2-4-7(6)8(11)9(12)13/h1-4,8H,11H2,(H2,12,13). The average molecular weight is 175 g/mol. The second-order valence-corrected chi connectivity index (χ2v) is 2.58. The van der Waals surface area contributed by atoms with Gasteiger partial charge in [0.1, 0.15) is 6.04 Å². The number of carbonyl (C=O) groups excluding carboxylic acids is 1. The van der Waals surface area contributed by atoms with E-state index in [1.807, 2.05) is 6.07 Å². The Labute approximate surface area is 75.8 Å². The van der Waals surface area contributed by atoms with Gasteiger partial charge in [0.25, 0.3) is 0 Å². The van der Waals surface area contributed by atoms with E-state index in [4.69, 9.17) is 16.7 Å². The first-order valence-electron chi connectivity index (χ1n) is 3.70. The van der Waals surface area contributed by atoms with Crippen molar-refractivity contribution in [3.05, 3.63) is 35.4 Å². The number of primary amides is 1. The van der Waals surface area contributed by atoms with Crippen LogP contribution in [0.4, 0.5) is 0 Å². The van der Waals surface area contributed by atoms with Crippen LogP contribution in [0.2, 0.25) is 0 Å². The van der Waals surface area contributed by atoms with Crippen LogP contribution in [0, 0.1) is 11.3 Å². The van der Waals surface area contributed by atoms with Gasteiger partial charge in [0.2, 0.25) is 5.91 Å². The third-order valence-corrected chi connectivity index (χ3v) is 1.72. The fraction of sp³-hybridized carbons (Fsp3) is 0.111. The molecule has 1 amide bonds. The summed E-state index contributed by atoms with van der Waals surface area (Å²) in [5.74, 6) is -0.636. The number of nitrogens with zero attached hydrogens (tertiary/aromatic N) is 1. The van der Waals surface area contributed by atoms with Gasteiger partial charge in [0.05, 0.1) is 11.6 Å². The SMILES string of the molecule is N#Cc1ccccc1C(N)C(N)=O. The summed E-state index contributed by atoms with van der Waals surface area (Å²) in [7, 11) is 0. The molecule has 0 saturated heterocycles. The van der Waals surface area contributed by atoms with Crippen molar-refractivity contribution < 1.29 is 4.79 Å². The van der Waals surface area contributed by atoms with Crippen molar-refractivity contribution in [2.24, 2.45) is 11.5 Å². The normalized spacial score (nSPS) is 11.7. The molecular weight excluding hydrogens is 166 g/mol. The largest absolute Gasteiger partial charge is 0.368 e. The zero-order chi connectivity index (χ0) is 9.84. The first-order chi connectivity index (χ1) is 6.16. The molecular formula is C9H9N3O. The Morgan fingerprint density at radius 2 is 2.08 bits per heavy atom. The summed E-state index contributed by atoms with van der Waals surface area (Å²) >= 11 is 0. The number of rotatable bonds is 2. The lowest BCUT2D eigenvalue weighted by Gasteiger charge is -2.08. The van der Waals surface area contributed by atoms with Crippen molar-refractivity contribution in [1.29, 1.82) is 5.26 Å². The minimum Gasteiger partial charge on any atom is -0.368 e. The van der Waals surface area contributed by atoms with Crippen LogP contribution in [0.5, 0.6) is 0 Å². The molecule has 0 aliphatic carbocycles. The summed E-state index contributed by atoms with van der Waals surface area (Å²) in [6, 6.07) is 7.66. The van der Waals surface area contributed by atoms with Crippen LogP contribution in [-0.4, -0.2) is 5.91 Å². The smallest absolute Gasteiger partial charge is 0.238 e. The third-order valence-electron chi connectivity index (χ3n) is 1.72. The highest BCUT2D eigenvalue weighted by molar-refractivity contribution is 5.81. The van der Waals surface area contributed by atoms with Crippen molar-refractivity contribution in [3.8, 4) is 6.07 Å². The summed E-state index contributed by atoms with van der Waals surface area (Å²) in [5.41, 5.74) is 11.4. The number of benzene rings is 1. The molecule has 1 aromatic rings. The van der Waals surface area contributed by atoms with Crippen LogP contribution in [-0.2, 0) is 4.79 Å². The molecule has 4 heteroatoms. The Morgan fingerprint density at radius 3 is 2.62 bits per heavy atom. The Morgan fingerprint density at radius 1 is 1.46 bits per heavy atom. The maximum Gasteiger partial charge on any atom is 0.238 e. The summed E-state index contributed by atoms with van der Waals surface area (Å²) in [6.45, 7) is 0. The Kier molecular flexibility index (Phi) is 2.62. The minimum absolute atomic E-state index is 0.383. The lowest BCUT2D eigenvalue weighted by atomic mass is 10.0. The molecule has 13 heavy (non-hydrogen) atoms. The molecule has 0 spiro atoms. The van der Waals surface area contributed by atoms with E-state index < -0.39 is 11.9 Å². The molecule has 0 fully saturated rings. The zero-order valence-corrected chi connectivity index (χ0v) is 6.90. The maximum absolute atomic E-state index is 10.8. The van der Waals surface area contributed by atoms with Crippen LogP contribution >= 0.6 is 0 Å². The van der Waals surface area contributed by atoms with Crippen molar-refractivity contribution in [1.82, 2.24) is 0 Å². The van der Waals surface area contributed by atoms with Crippen molar-refractivity contribution >= 4 is 5.91 Å². The molecule has 0 radical (unpaired) electrons. The molecule has 1 atom stereocenters. The fourth-order valence-corrected chi connectivity index (χ4v) is 1.02. The molecule has 1 unspecified atom stereocenters. The van der Waals surface area contributed by atoms with Crippen LogP contribution in [0.25, 0.3) is 0 Å². The van der Waals surface area contributed by atoms with Crippen LogP contribution in [0.3, 0.4) is 0 Å². The van der Waals surface area contributed by atoms with E-state index >= 15 is 0 Å². The molecule has 0 heterocycles. The van der Waals surface area contributed by atoms with E-state index in [-0.39, 0.29) is 0 Å². The van der Waals surface area contributed by atoms with Crippen LogP contribution < -0.4 is 11.5 Å². The monoisotopic (exact) mass is 175 g/mol. The van der Waals surface area contributed by atoms with Gasteiger partial charge < -0.3 is 11.5 Å². The zero-order valence-electron chi connectivity index (χ0n) is 6.90. The average Bonchev–Trinajstić information content (AvgIpc) is 2.16. The second kappa shape index (κ2) is 3.70. The summed E-state index contributed by atoms with van der Waals surface area (Å²) in [5, 5.41) is 8.69. The molecule has 4 nitrogen and oxygen atoms in total. The molecule has 0 aliphatic rings. The van der Waals surface area contributed by atoms with E-state index in [1.54, 1.807) is 24.3 Å².